The fraction of sp³-hybridized carbons (Fsp3) is 0.333. The van der Waals surface area contributed by atoms with Crippen LogP contribution in [0.1, 0.15) is 12.0 Å². The summed E-state index contributed by atoms with van der Waals surface area (Å²) in [5, 5.41) is 12.2. The first-order valence-electron chi connectivity index (χ1n) is 9.91. The first-order valence-corrected chi connectivity index (χ1v) is 12.6. The third-order valence-electron chi connectivity index (χ3n) is 5.09. The van der Waals surface area contributed by atoms with E-state index in [0.29, 0.717) is 46.9 Å². The molecule has 1 aliphatic heterocycles. The fourth-order valence-electron chi connectivity index (χ4n) is 3.40. The molecular formula is C21H24N4O4S2. The minimum Gasteiger partial charge on any atom is -0.497 e. The van der Waals surface area contributed by atoms with Crippen molar-refractivity contribution in [2.75, 3.05) is 35.3 Å². The van der Waals surface area contributed by atoms with Gasteiger partial charge in [0, 0.05) is 24.1 Å². The van der Waals surface area contributed by atoms with Crippen molar-refractivity contribution >= 4 is 50.1 Å². The highest BCUT2D eigenvalue weighted by atomic mass is 32.2. The number of benzene rings is 2. The molecule has 0 spiro atoms. The highest BCUT2D eigenvalue weighted by Gasteiger charge is 2.30. The Hall–Kier alpha value is -2.56. The van der Waals surface area contributed by atoms with E-state index in [1.165, 1.54) is 0 Å². The summed E-state index contributed by atoms with van der Waals surface area (Å²) in [7, 11) is -2.04. The molecule has 4 rings (SSSR count). The Bertz CT molecular complexity index is 1180. The molecule has 0 saturated carbocycles. The zero-order valence-electron chi connectivity index (χ0n) is 17.0. The number of anilines is 3. The monoisotopic (exact) mass is 460 g/mol. The van der Waals surface area contributed by atoms with E-state index in [9.17, 15) is 13.5 Å². The number of hydrogen-bond acceptors (Lipinski definition) is 8. The maximum atomic E-state index is 12.9. The van der Waals surface area contributed by atoms with Gasteiger partial charge >= 0.3 is 0 Å². The number of aliphatic hydroxyl groups excluding tert-OH is 1. The van der Waals surface area contributed by atoms with Gasteiger partial charge in [-0.3, -0.25) is 4.72 Å². The topological polar surface area (TPSA) is 113 Å². The van der Waals surface area contributed by atoms with Crippen molar-refractivity contribution < 1.29 is 18.3 Å². The molecule has 0 bridgehead atoms. The van der Waals surface area contributed by atoms with Crippen molar-refractivity contribution in [3.05, 3.63) is 48.0 Å². The molecule has 0 radical (unpaired) electrons. The number of thioether (sulfide) groups is 1. The van der Waals surface area contributed by atoms with Crippen molar-refractivity contribution in [2.45, 2.75) is 18.1 Å². The number of hydrogen-bond donors (Lipinski definition) is 3. The molecule has 2 heterocycles. The zero-order valence-corrected chi connectivity index (χ0v) is 18.7. The highest BCUT2D eigenvalue weighted by Crippen LogP contribution is 2.32. The van der Waals surface area contributed by atoms with Crippen LogP contribution in [0, 0.1) is 0 Å². The first-order chi connectivity index (χ1) is 15.0. The van der Waals surface area contributed by atoms with Gasteiger partial charge in [0.05, 0.1) is 23.4 Å². The molecule has 31 heavy (non-hydrogen) atoms. The Morgan fingerprint density at radius 3 is 2.55 bits per heavy atom. The van der Waals surface area contributed by atoms with Gasteiger partial charge in [0.15, 0.2) is 11.6 Å². The van der Waals surface area contributed by atoms with Gasteiger partial charge < -0.3 is 15.2 Å². The standard InChI is InChI=1S/C21H24N4O4S2/c1-29-15-7-6-14(8-10-26)19(12-15)24-20-21(23-18-5-3-2-4-17(18)22-20)25-31(27,28)16-9-11-30-13-16/h2-7,12,16,26H,8-11,13H2,1H3,(H,22,24)(H,23,25). The SMILES string of the molecule is COc1ccc(CCO)c(Nc2nc3ccccc3nc2NS(=O)(=O)C2CCSC2)c1. The average Bonchev–Trinajstić information content (AvgIpc) is 3.31. The van der Waals surface area contributed by atoms with Gasteiger partial charge in [0.25, 0.3) is 0 Å². The predicted octanol–water partition coefficient (Wildman–Crippen LogP) is 3.16. The summed E-state index contributed by atoms with van der Waals surface area (Å²) in [6.45, 7) is -0.0246. The normalized spacial score (nSPS) is 16.4. The predicted molar refractivity (Wildman–Crippen MR) is 125 cm³/mol. The number of aromatic nitrogens is 2. The van der Waals surface area contributed by atoms with Crippen LogP contribution in [0.2, 0.25) is 0 Å². The summed E-state index contributed by atoms with van der Waals surface area (Å²) in [6, 6.07) is 12.7. The van der Waals surface area contributed by atoms with Crippen LogP contribution in [0.5, 0.6) is 5.75 Å². The van der Waals surface area contributed by atoms with Gasteiger partial charge in [-0.2, -0.15) is 11.8 Å². The van der Waals surface area contributed by atoms with Crippen LogP contribution in [0.3, 0.4) is 0 Å². The number of ether oxygens (including phenoxy) is 1. The quantitative estimate of drug-likeness (QED) is 0.470. The van der Waals surface area contributed by atoms with E-state index in [4.69, 9.17) is 4.74 Å². The van der Waals surface area contributed by atoms with Gasteiger partial charge in [-0.05, 0) is 42.4 Å². The molecular weight excluding hydrogens is 436 g/mol. The second-order valence-corrected chi connectivity index (χ2v) is 10.3. The van der Waals surface area contributed by atoms with Crippen LogP contribution in [-0.2, 0) is 16.4 Å². The third kappa shape index (κ3) is 4.86. The molecule has 1 fully saturated rings. The van der Waals surface area contributed by atoms with Gasteiger partial charge in [0.2, 0.25) is 10.0 Å². The number of nitrogens with zero attached hydrogens (tertiary/aromatic N) is 2. The van der Waals surface area contributed by atoms with Crippen LogP contribution in [-0.4, -0.2) is 54.0 Å². The van der Waals surface area contributed by atoms with E-state index >= 15 is 0 Å². The van der Waals surface area contributed by atoms with E-state index in [1.54, 1.807) is 31.0 Å². The van der Waals surface area contributed by atoms with Crippen molar-refractivity contribution in [1.82, 2.24) is 9.97 Å². The van der Waals surface area contributed by atoms with E-state index < -0.39 is 15.3 Å². The lowest BCUT2D eigenvalue weighted by atomic mass is 10.1. The Morgan fingerprint density at radius 1 is 1.16 bits per heavy atom. The van der Waals surface area contributed by atoms with Gasteiger partial charge in [-0.25, -0.2) is 18.4 Å². The highest BCUT2D eigenvalue weighted by molar-refractivity contribution is 8.01. The number of rotatable bonds is 8. The van der Waals surface area contributed by atoms with Gasteiger partial charge in [-0.1, -0.05) is 18.2 Å². The largest absolute Gasteiger partial charge is 0.497 e. The second-order valence-electron chi connectivity index (χ2n) is 7.16. The lowest BCUT2D eigenvalue weighted by Crippen LogP contribution is -2.28. The molecule has 1 atom stereocenters. The zero-order chi connectivity index (χ0) is 21.8. The number of methoxy groups -OCH3 is 1. The third-order valence-corrected chi connectivity index (χ3v) is 8.22. The summed E-state index contributed by atoms with van der Waals surface area (Å²) < 4.78 is 33.9. The Kier molecular flexibility index (Phi) is 6.49. The molecule has 8 nitrogen and oxygen atoms in total. The fourth-order valence-corrected chi connectivity index (χ4v) is 6.61. The number of para-hydroxylation sites is 2. The summed E-state index contributed by atoms with van der Waals surface area (Å²) in [6.07, 6.45) is 1.04. The van der Waals surface area contributed by atoms with E-state index in [-0.39, 0.29) is 12.4 Å². The summed E-state index contributed by atoms with van der Waals surface area (Å²) in [4.78, 5) is 9.17. The van der Waals surface area contributed by atoms with Gasteiger partial charge in [0.1, 0.15) is 5.75 Å². The molecule has 3 aromatic rings. The van der Waals surface area contributed by atoms with Crippen molar-refractivity contribution in [3.8, 4) is 5.75 Å². The molecule has 0 aliphatic carbocycles. The van der Waals surface area contributed by atoms with E-state index in [0.717, 1.165) is 11.3 Å². The van der Waals surface area contributed by atoms with Crippen LogP contribution < -0.4 is 14.8 Å². The molecule has 2 aromatic carbocycles. The summed E-state index contributed by atoms with van der Waals surface area (Å²) in [5.74, 6) is 2.46. The molecule has 1 aromatic heterocycles. The van der Waals surface area contributed by atoms with Crippen molar-refractivity contribution in [2.24, 2.45) is 0 Å². The molecule has 10 heteroatoms. The van der Waals surface area contributed by atoms with Gasteiger partial charge in [-0.15, -0.1) is 0 Å². The van der Waals surface area contributed by atoms with Crippen molar-refractivity contribution in [3.63, 3.8) is 0 Å². The maximum absolute atomic E-state index is 12.9. The first kappa shape index (κ1) is 21.7. The van der Waals surface area contributed by atoms with Crippen molar-refractivity contribution in [1.29, 1.82) is 0 Å². The number of sulfonamides is 1. The van der Waals surface area contributed by atoms with Crippen LogP contribution in [0.25, 0.3) is 11.0 Å². The average molecular weight is 461 g/mol. The number of fused-ring (bicyclic) bond motifs is 1. The van der Waals surface area contributed by atoms with Crippen LogP contribution in [0.15, 0.2) is 42.5 Å². The Morgan fingerprint density at radius 2 is 1.90 bits per heavy atom. The van der Waals surface area contributed by atoms with Crippen LogP contribution >= 0.6 is 11.8 Å². The molecule has 1 unspecified atom stereocenters. The molecule has 164 valence electrons. The summed E-state index contributed by atoms with van der Waals surface area (Å²) in [5.41, 5.74) is 2.73. The second kappa shape index (κ2) is 9.29. The summed E-state index contributed by atoms with van der Waals surface area (Å²) >= 11 is 1.63. The van der Waals surface area contributed by atoms with Crippen LogP contribution in [0.4, 0.5) is 17.3 Å². The number of aliphatic hydroxyl groups is 1. The van der Waals surface area contributed by atoms with E-state index in [2.05, 4.69) is 20.0 Å². The minimum absolute atomic E-state index is 0.0246. The minimum atomic E-state index is -3.61. The molecule has 1 aliphatic rings. The molecule has 3 N–H and O–H groups in total. The molecule has 0 amide bonds. The maximum Gasteiger partial charge on any atom is 0.237 e. The lowest BCUT2D eigenvalue weighted by Gasteiger charge is -2.18. The van der Waals surface area contributed by atoms with E-state index in [1.807, 2.05) is 30.3 Å². The molecule has 1 saturated heterocycles. The Labute approximate surface area is 185 Å². The lowest BCUT2D eigenvalue weighted by molar-refractivity contribution is 0.299. The Balaban J connectivity index is 1.77. The smallest absolute Gasteiger partial charge is 0.237 e. The number of nitrogens with one attached hydrogen (secondary N) is 2.